The van der Waals surface area contributed by atoms with E-state index in [0.717, 1.165) is 23.7 Å². The van der Waals surface area contributed by atoms with Gasteiger partial charge in [-0.3, -0.25) is 0 Å². The predicted molar refractivity (Wildman–Crippen MR) is 75.9 cm³/mol. The minimum absolute atomic E-state index is 0.407. The van der Waals surface area contributed by atoms with E-state index in [2.05, 4.69) is 30.0 Å². The summed E-state index contributed by atoms with van der Waals surface area (Å²) in [5.74, 6) is 0.738. The maximum absolute atomic E-state index is 9.82. The van der Waals surface area contributed by atoms with Gasteiger partial charge in [0.25, 0.3) is 0 Å². The van der Waals surface area contributed by atoms with Gasteiger partial charge >= 0.3 is 0 Å². The largest absolute Gasteiger partial charge is 0.389 e. The SMILES string of the molecule is CC(O)c1ccccc1N(C)CC1CCN(C)C1. The van der Waals surface area contributed by atoms with E-state index < -0.39 is 6.10 Å². The monoisotopic (exact) mass is 248 g/mol. The van der Waals surface area contributed by atoms with Crippen LogP contribution in [0.2, 0.25) is 0 Å². The van der Waals surface area contributed by atoms with Crippen LogP contribution in [-0.4, -0.2) is 43.7 Å². The number of hydrogen-bond acceptors (Lipinski definition) is 3. The highest BCUT2D eigenvalue weighted by Gasteiger charge is 2.21. The molecule has 18 heavy (non-hydrogen) atoms. The minimum atomic E-state index is -0.407. The van der Waals surface area contributed by atoms with Gasteiger partial charge in [-0.1, -0.05) is 18.2 Å². The molecule has 0 aliphatic carbocycles. The highest BCUT2D eigenvalue weighted by molar-refractivity contribution is 5.54. The lowest BCUT2D eigenvalue weighted by Gasteiger charge is -2.26. The molecule has 0 aromatic heterocycles. The number of benzene rings is 1. The van der Waals surface area contributed by atoms with E-state index in [-0.39, 0.29) is 0 Å². The Hall–Kier alpha value is -1.06. The normalized spacial score (nSPS) is 22.1. The summed E-state index contributed by atoms with van der Waals surface area (Å²) in [5, 5.41) is 9.82. The molecular formula is C15H24N2O. The Balaban J connectivity index is 2.06. The molecule has 0 amide bonds. The zero-order valence-electron chi connectivity index (χ0n) is 11.6. The summed E-state index contributed by atoms with van der Waals surface area (Å²) in [6, 6.07) is 8.14. The van der Waals surface area contributed by atoms with Crippen LogP contribution in [0.1, 0.15) is 25.0 Å². The molecule has 1 aliphatic rings. The van der Waals surface area contributed by atoms with E-state index in [0.29, 0.717) is 0 Å². The Morgan fingerprint density at radius 2 is 2.17 bits per heavy atom. The van der Waals surface area contributed by atoms with E-state index in [1.807, 2.05) is 25.1 Å². The molecule has 1 aromatic carbocycles. The van der Waals surface area contributed by atoms with E-state index in [9.17, 15) is 5.11 Å². The molecule has 2 unspecified atom stereocenters. The fourth-order valence-corrected chi connectivity index (χ4v) is 2.85. The van der Waals surface area contributed by atoms with Gasteiger partial charge in [-0.05, 0) is 38.9 Å². The van der Waals surface area contributed by atoms with Gasteiger partial charge in [-0.25, -0.2) is 0 Å². The van der Waals surface area contributed by atoms with Crippen molar-refractivity contribution in [2.75, 3.05) is 38.6 Å². The van der Waals surface area contributed by atoms with E-state index in [1.165, 1.54) is 19.5 Å². The van der Waals surface area contributed by atoms with Gasteiger partial charge in [-0.15, -0.1) is 0 Å². The summed E-state index contributed by atoms with van der Waals surface area (Å²) < 4.78 is 0. The van der Waals surface area contributed by atoms with Crippen molar-refractivity contribution >= 4 is 5.69 Å². The van der Waals surface area contributed by atoms with E-state index >= 15 is 0 Å². The Morgan fingerprint density at radius 1 is 1.44 bits per heavy atom. The van der Waals surface area contributed by atoms with Gasteiger partial charge < -0.3 is 14.9 Å². The molecule has 3 heteroatoms. The van der Waals surface area contributed by atoms with Crippen molar-refractivity contribution in [2.24, 2.45) is 5.92 Å². The summed E-state index contributed by atoms with van der Waals surface area (Å²) in [7, 11) is 4.31. The number of para-hydroxylation sites is 1. The number of rotatable bonds is 4. The van der Waals surface area contributed by atoms with E-state index in [4.69, 9.17) is 0 Å². The number of aliphatic hydroxyl groups is 1. The van der Waals surface area contributed by atoms with Crippen molar-refractivity contribution in [3.05, 3.63) is 29.8 Å². The molecule has 1 heterocycles. The van der Waals surface area contributed by atoms with Gasteiger partial charge in [0.05, 0.1) is 6.10 Å². The van der Waals surface area contributed by atoms with Crippen LogP contribution in [-0.2, 0) is 0 Å². The lowest BCUT2D eigenvalue weighted by molar-refractivity contribution is 0.199. The second kappa shape index (κ2) is 5.72. The standard InChI is InChI=1S/C15H24N2O/c1-12(18)14-6-4-5-7-15(14)17(3)11-13-8-9-16(2)10-13/h4-7,12-13,18H,8-11H2,1-3H3. The third-order valence-corrected chi connectivity index (χ3v) is 3.82. The van der Waals surface area contributed by atoms with Gasteiger partial charge in [-0.2, -0.15) is 0 Å². The molecule has 1 fully saturated rings. The predicted octanol–water partition coefficient (Wildman–Crippen LogP) is 2.13. The maximum atomic E-state index is 9.82. The molecule has 2 rings (SSSR count). The first-order valence-electron chi connectivity index (χ1n) is 6.74. The van der Waals surface area contributed by atoms with Gasteiger partial charge in [0.2, 0.25) is 0 Å². The zero-order chi connectivity index (χ0) is 13.1. The molecule has 100 valence electrons. The third kappa shape index (κ3) is 3.03. The van der Waals surface area contributed by atoms with Crippen molar-refractivity contribution in [3.8, 4) is 0 Å². The molecule has 0 radical (unpaired) electrons. The molecule has 1 aliphatic heterocycles. The summed E-state index contributed by atoms with van der Waals surface area (Å²) >= 11 is 0. The fourth-order valence-electron chi connectivity index (χ4n) is 2.85. The third-order valence-electron chi connectivity index (χ3n) is 3.82. The van der Waals surface area contributed by atoms with Crippen molar-refractivity contribution in [1.82, 2.24) is 4.90 Å². The number of aliphatic hydroxyl groups excluding tert-OH is 1. The summed E-state index contributed by atoms with van der Waals surface area (Å²) in [4.78, 5) is 4.67. The summed E-state index contributed by atoms with van der Waals surface area (Å²) in [6.45, 7) is 5.28. The quantitative estimate of drug-likeness (QED) is 0.884. The molecule has 1 aromatic rings. The Morgan fingerprint density at radius 3 is 2.78 bits per heavy atom. The van der Waals surface area contributed by atoms with Crippen LogP contribution in [0.25, 0.3) is 0 Å². The number of nitrogens with zero attached hydrogens (tertiary/aromatic N) is 2. The van der Waals surface area contributed by atoms with Crippen LogP contribution in [0, 0.1) is 5.92 Å². The average molecular weight is 248 g/mol. The van der Waals surface area contributed by atoms with Crippen molar-refractivity contribution in [2.45, 2.75) is 19.4 Å². The molecule has 0 bridgehead atoms. The second-order valence-corrected chi connectivity index (χ2v) is 5.53. The van der Waals surface area contributed by atoms with Gasteiger partial charge in [0.15, 0.2) is 0 Å². The van der Waals surface area contributed by atoms with Crippen LogP contribution in [0.5, 0.6) is 0 Å². The molecule has 1 saturated heterocycles. The van der Waals surface area contributed by atoms with Crippen LogP contribution in [0.15, 0.2) is 24.3 Å². The van der Waals surface area contributed by atoms with Crippen molar-refractivity contribution < 1.29 is 5.11 Å². The number of hydrogen-bond donors (Lipinski definition) is 1. The Bertz CT molecular complexity index is 392. The van der Waals surface area contributed by atoms with Gasteiger partial charge in [0.1, 0.15) is 0 Å². The van der Waals surface area contributed by atoms with Crippen molar-refractivity contribution in [1.29, 1.82) is 0 Å². The van der Waals surface area contributed by atoms with Gasteiger partial charge in [0, 0.05) is 31.4 Å². The zero-order valence-corrected chi connectivity index (χ0v) is 11.6. The fraction of sp³-hybridized carbons (Fsp3) is 0.600. The first-order valence-corrected chi connectivity index (χ1v) is 6.74. The highest BCUT2D eigenvalue weighted by Crippen LogP contribution is 2.27. The number of anilines is 1. The van der Waals surface area contributed by atoms with Crippen LogP contribution < -0.4 is 4.90 Å². The Kier molecular flexibility index (Phi) is 4.25. The first-order chi connectivity index (χ1) is 8.58. The minimum Gasteiger partial charge on any atom is -0.389 e. The second-order valence-electron chi connectivity index (χ2n) is 5.53. The Labute approximate surface area is 110 Å². The molecule has 2 atom stereocenters. The molecular weight excluding hydrogens is 224 g/mol. The summed E-state index contributed by atoms with van der Waals surface area (Å²) in [6.07, 6.45) is 0.868. The molecule has 0 spiro atoms. The molecule has 3 nitrogen and oxygen atoms in total. The van der Waals surface area contributed by atoms with Crippen molar-refractivity contribution in [3.63, 3.8) is 0 Å². The topological polar surface area (TPSA) is 26.7 Å². The first kappa shape index (κ1) is 13.4. The molecule has 1 N–H and O–H groups in total. The lowest BCUT2D eigenvalue weighted by atomic mass is 10.0. The van der Waals surface area contributed by atoms with E-state index in [1.54, 1.807) is 0 Å². The van der Waals surface area contributed by atoms with Crippen LogP contribution >= 0.6 is 0 Å². The maximum Gasteiger partial charge on any atom is 0.0781 e. The average Bonchev–Trinajstić information content (AvgIpc) is 2.74. The summed E-state index contributed by atoms with van der Waals surface area (Å²) in [5.41, 5.74) is 2.17. The number of likely N-dealkylation sites (tertiary alicyclic amines) is 1. The smallest absolute Gasteiger partial charge is 0.0781 e. The lowest BCUT2D eigenvalue weighted by Crippen LogP contribution is -2.28. The molecule has 0 saturated carbocycles. The van der Waals surface area contributed by atoms with Crippen LogP contribution in [0.3, 0.4) is 0 Å². The van der Waals surface area contributed by atoms with Crippen LogP contribution in [0.4, 0.5) is 5.69 Å². The highest BCUT2D eigenvalue weighted by atomic mass is 16.3.